The van der Waals surface area contributed by atoms with Crippen LogP contribution in [0.2, 0.25) is 0 Å². The van der Waals surface area contributed by atoms with Crippen LogP contribution in [-0.2, 0) is 4.79 Å². The van der Waals surface area contributed by atoms with Gasteiger partial charge in [-0.2, -0.15) is 0 Å². The third-order valence-corrected chi connectivity index (χ3v) is 2.64. The number of benzene rings is 1. The zero-order chi connectivity index (χ0) is 10.1. The zero-order valence-electron chi connectivity index (χ0n) is 7.97. The predicted octanol–water partition coefficient (Wildman–Crippen LogP) is 0.854. The fraction of sp³-hybridized carbons (Fsp3) is 0.364. The van der Waals surface area contributed by atoms with Gasteiger partial charge in [0.05, 0.1) is 18.1 Å². The van der Waals surface area contributed by atoms with Gasteiger partial charge >= 0.3 is 0 Å². The molecule has 1 fully saturated rings. The lowest BCUT2D eigenvalue weighted by molar-refractivity contribution is -0.140. The molecule has 2 N–H and O–H groups in total. The van der Waals surface area contributed by atoms with E-state index in [0.29, 0.717) is 0 Å². The van der Waals surface area contributed by atoms with Gasteiger partial charge in [-0.05, 0) is 12.5 Å². The number of nitrogens with one attached hydrogen (secondary N) is 1. The Bertz CT molecular complexity index is 334. The molecule has 1 aromatic carbocycles. The molecule has 0 spiro atoms. The van der Waals surface area contributed by atoms with Crippen LogP contribution in [0, 0.1) is 5.92 Å². The number of carbonyl (C=O) groups excluding carboxylic acids is 1. The summed E-state index contributed by atoms with van der Waals surface area (Å²) in [6.07, 6.45) is -0.589. The first-order chi connectivity index (χ1) is 6.70. The van der Waals surface area contributed by atoms with Gasteiger partial charge in [-0.3, -0.25) is 4.79 Å². The fourth-order valence-corrected chi connectivity index (χ4v) is 1.84. The number of carbonyl (C=O) groups is 1. The van der Waals surface area contributed by atoms with Crippen molar-refractivity contribution < 1.29 is 9.90 Å². The van der Waals surface area contributed by atoms with E-state index in [1.54, 1.807) is 6.92 Å². The molecule has 0 aromatic heterocycles. The van der Waals surface area contributed by atoms with Crippen LogP contribution in [0.1, 0.15) is 18.5 Å². The van der Waals surface area contributed by atoms with Crippen LogP contribution >= 0.6 is 0 Å². The Kier molecular flexibility index (Phi) is 2.25. The second kappa shape index (κ2) is 3.42. The highest BCUT2D eigenvalue weighted by molar-refractivity contribution is 5.86. The molecule has 3 atom stereocenters. The minimum Gasteiger partial charge on any atom is -0.392 e. The Morgan fingerprint density at radius 3 is 2.50 bits per heavy atom. The molecule has 3 unspecified atom stereocenters. The maximum atomic E-state index is 11.2. The monoisotopic (exact) mass is 191 g/mol. The summed E-state index contributed by atoms with van der Waals surface area (Å²) in [4.78, 5) is 11.2. The molecule has 1 heterocycles. The van der Waals surface area contributed by atoms with Gasteiger partial charge in [-0.1, -0.05) is 30.3 Å². The standard InChI is InChI=1S/C11H13NO2/c1-7(13)9-10(12-11(9)14)8-5-3-2-4-6-8/h2-7,9-10,13H,1H3,(H,12,14). The minimum absolute atomic E-state index is 0.0244. The Balaban J connectivity index is 2.18. The fourth-order valence-electron chi connectivity index (χ4n) is 1.84. The van der Waals surface area contributed by atoms with Crippen molar-refractivity contribution in [3.05, 3.63) is 35.9 Å². The largest absolute Gasteiger partial charge is 0.392 e. The Morgan fingerprint density at radius 2 is 2.00 bits per heavy atom. The normalized spacial score (nSPS) is 27.7. The van der Waals surface area contributed by atoms with Crippen molar-refractivity contribution in [2.45, 2.75) is 19.1 Å². The summed E-state index contributed by atoms with van der Waals surface area (Å²) < 4.78 is 0. The van der Waals surface area contributed by atoms with Gasteiger partial charge in [0.1, 0.15) is 0 Å². The molecule has 1 amide bonds. The molecule has 74 valence electrons. The molecule has 0 saturated carbocycles. The number of aliphatic hydroxyl groups is 1. The maximum absolute atomic E-state index is 11.2. The van der Waals surface area contributed by atoms with Gasteiger partial charge in [-0.15, -0.1) is 0 Å². The molecule has 3 nitrogen and oxygen atoms in total. The quantitative estimate of drug-likeness (QED) is 0.681. The van der Waals surface area contributed by atoms with E-state index in [0.717, 1.165) is 5.56 Å². The van der Waals surface area contributed by atoms with Crippen LogP contribution < -0.4 is 5.32 Å². The van der Waals surface area contributed by atoms with E-state index in [1.165, 1.54) is 0 Å². The molecule has 1 aliphatic rings. The van der Waals surface area contributed by atoms with E-state index in [1.807, 2.05) is 30.3 Å². The zero-order valence-corrected chi connectivity index (χ0v) is 7.97. The van der Waals surface area contributed by atoms with Crippen LogP contribution in [-0.4, -0.2) is 17.1 Å². The van der Waals surface area contributed by atoms with Crippen molar-refractivity contribution in [3.8, 4) is 0 Å². The van der Waals surface area contributed by atoms with E-state index < -0.39 is 6.10 Å². The maximum Gasteiger partial charge on any atom is 0.228 e. The first-order valence-electron chi connectivity index (χ1n) is 4.73. The number of hydrogen-bond donors (Lipinski definition) is 2. The molecular formula is C11H13NO2. The number of hydrogen-bond acceptors (Lipinski definition) is 2. The molecule has 0 bridgehead atoms. The molecular weight excluding hydrogens is 178 g/mol. The van der Waals surface area contributed by atoms with E-state index in [2.05, 4.69) is 5.32 Å². The van der Waals surface area contributed by atoms with Crippen LogP contribution in [0.4, 0.5) is 0 Å². The van der Waals surface area contributed by atoms with E-state index >= 15 is 0 Å². The number of β-lactam (4-membered cyclic amide) rings is 1. The van der Waals surface area contributed by atoms with E-state index in [-0.39, 0.29) is 17.9 Å². The molecule has 0 aliphatic carbocycles. The average molecular weight is 191 g/mol. The number of aliphatic hydroxyl groups excluding tert-OH is 1. The lowest BCUT2D eigenvalue weighted by Gasteiger charge is -2.38. The van der Waals surface area contributed by atoms with Crippen LogP contribution in [0.3, 0.4) is 0 Å². The lowest BCUT2D eigenvalue weighted by atomic mass is 9.82. The topological polar surface area (TPSA) is 49.3 Å². The molecule has 3 heteroatoms. The molecule has 1 saturated heterocycles. The van der Waals surface area contributed by atoms with Crippen molar-refractivity contribution in [1.82, 2.24) is 5.32 Å². The lowest BCUT2D eigenvalue weighted by Crippen LogP contribution is -2.55. The first-order valence-corrected chi connectivity index (χ1v) is 4.73. The SMILES string of the molecule is CC(O)C1C(=O)NC1c1ccccc1. The minimum atomic E-state index is -0.589. The predicted molar refractivity (Wildman–Crippen MR) is 52.5 cm³/mol. The van der Waals surface area contributed by atoms with Crippen molar-refractivity contribution in [3.63, 3.8) is 0 Å². The third kappa shape index (κ3) is 1.40. The van der Waals surface area contributed by atoms with Crippen molar-refractivity contribution in [2.24, 2.45) is 5.92 Å². The summed E-state index contributed by atoms with van der Waals surface area (Å²) in [5.74, 6) is -0.355. The second-order valence-corrected chi connectivity index (χ2v) is 3.66. The molecule has 14 heavy (non-hydrogen) atoms. The second-order valence-electron chi connectivity index (χ2n) is 3.66. The highest BCUT2D eigenvalue weighted by Crippen LogP contribution is 2.32. The van der Waals surface area contributed by atoms with Crippen molar-refractivity contribution in [2.75, 3.05) is 0 Å². The first kappa shape index (κ1) is 9.21. The van der Waals surface area contributed by atoms with E-state index in [9.17, 15) is 9.90 Å². The van der Waals surface area contributed by atoms with Crippen LogP contribution in [0.5, 0.6) is 0 Å². The van der Waals surface area contributed by atoms with Gasteiger partial charge in [0, 0.05) is 0 Å². The number of rotatable bonds is 2. The van der Waals surface area contributed by atoms with Gasteiger partial charge in [0.15, 0.2) is 0 Å². The molecule has 0 radical (unpaired) electrons. The molecule has 1 aliphatic heterocycles. The highest BCUT2D eigenvalue weighted by atomic mass is 16.3. The Labute approximate surface area is 82.8 Å². The number of amides is 1. The summed E-state index contributed by atoms with van der Waals surface area (Å²) in [7, 11) is 0. The average Bonchev–Trinajstić information content (AvgIpc) is 2.14. The van der Waals surface area contributed by atoms with Crippen LogP contribution in [0.15, 0.2) is 30.3 Å². The summed E-state index contributed by atoms with van der Waals surface area (Å²) in [6.45, 7) is 1.65. The summed E-state index contributed by atoms with van der Waals surface area (Å²) in [5, 5.41) is 12.2. The van der Waals surface area contributed by atoms with Gasteiger partial charge in [-0.25, -0.2) is 0 Å². The smallest absolute Gasteiger partial charge is 0.228 e. The highest BCUT2D eigenvalue weighted by Gasteiger charge is 2.42. The van der Waals surface area contributed by atoms with Crippen molar-refractivity contribution in [1.29, 1.82) is 0 Å². The van der Waals surface area contributed by atoms with Gasteiger partial charge < -0.3 is 10.4 Å². The Morgan fingerprint density at radius 1 is 1.36 bits per heavy atom. The van der Waals surface area contributed by atoms with Gasteiger partial charge in [0.25, 0.3) is 0 Å². The summed E-state index contributed by atoms with van der Waals surface area (Å²) >= 11 is 0. The molecule has 1 aromatic rings. The van der Waals surface area contributed by atoms with Crippen LogP contribution in [0.25, 0.3) is 0 Å². The van der Waals surface area contributed by atoms with E-state index in [4.69, 9.17) is 0 Å². The third-order valence-electron chi connectivity index (χ3n) is 2.64. The van der Waals surface area contributed by atoms with Gasteiger partial charge in [0.2, 0.25) is 5.91 Å². The summed E-state index contributed by atoms with van der Waals surface area (Å²) in [6, 6.07) is 9.68. The Hall–Kier alpha value is -1.35. The van der Waals surface area contributed by atoms with Crippen molar-refractivity contribution >= 4 is 5.91 Å². The molecule has 2 rings (SSSR count). The summed E-state index contributed by atoms with van der Waals surface area (Å²) in [5.41, 5.74) is 1.05.